The minimum atomic E-state index is -5.12. The van der Waals surface area contributed by atoms with Crippen LogP contribution in [0.15, 0.2) is 36.5 Å². The quantitative estimate of drug-likeness (QED) is 0.0170. The minimum absolute atomic E-state index is 0.0828. The molecule has 0 heterocycles. The van der Waals surface area contributed by atoms with Gasteiger partial charge in [-0.05, 0) is 64.2 Å². The molecule has 8 atom stereocenters. The van der Waals surface area contributed by atoms with Crippen LogP contribution in [0, 0.1) is 0 Å². The highest BCUT2D eigenvalue weighted by Crippen LogP contribution is 2.47. The van der Waals surface area contributed by atoms with E-state index in [-0.39, 0.29) is 12.8 Å². The molecule has 0 radical (unpaired) electrons. The van der Waals surface area contributed by atoms with Crippen molar-refractivity contribution in [1.82, 2.24) is 0 Å². The summed E-state index contributed by atoms with van der Waals surface area (Å²) in [5.41, 5.74) is 0. The molecule has 0 saturated heterocycles. The number of rotatable bonds is 33. The standard InChI is InChI=1S/C41H73O13P/c1-3-5-7-9-11-13-15-17-18-20-21-23-25-27-29-34(42)51-31-33(53-35(43)30-28-26-24-22-19-16-14-12-10-8-6-4-2)32-52-55(49,50)54-41-39(47)37(45)36(44)38(46)40(41)48/h9,11-12,14-15,17,33,36-41,44-48H,3-8,10,13,16,18-32H2,1-2H3,(H,49,50)/b11-9-,14-12-,17-15-/t33-,36?,37-,38?,39?,40?,41?/m1/s1. The van der Waals surface area contributed by atoms with Crippen LogP contribution < -0.4 is 0 Å². The Morgan fingerprint density at radius 2 is 1.00 bits per heavy atom. The van der Waals surface area contributed by atoms with E-state index in [1.54, 1.807) is 0 Å². The number of ether oxygens (including phenoxy) is 2. The molecule has 13 nitrogen and oxygen atoms in total. The Bertz CT molecular complexity index is 1110. The second-order valence-electron chi connectivity index (χ2n) is 14.5. The molecule has 0 aromatic carbocycles. The van der Waals surface area contributed by atoms with Gasteiger partial charge < -0.3 is 39.9 Å². The molecule has 14 heteroatoms. The van der Waals surface area contributed by atoms with Crippen LogP contribution in [0.5, 0.6) is 0 Å². The van der Waals surface area contributed by atoms with Gasteiger partial charge in [-0.15, -0.1) is 0 Å². The summed E-state index contributed by atoms with van der Waals surface area (Å²) in [6.07, 6.45) is 20.7. The van der Waals surface area contributed by atoms with Gasteiger partial charge in [0.1, 0.15) is 43.2 Å². The smallest absolute Gasteiger partial charge is 0.462 e. The Kier molecular flexibility index (Phi) is 29.8. The fourth-order valence-corrected chi connectivity index (χ4v) is 6.97. The van der Waals surface area contributed by atoms with E-state index < -0.39 is 75.7 Å². The summed E-state index contributed by atoms with van der Waals surface area (Å²) >= 11 is 0. The Hall–Kier alpha value is -1.93. The second kappa shape index (κ2) is 32.1. The molecule has 0 aromatic heterocycles. The number of unbranched alkanes of at least 4 members (excludes halogenated alkanes) is 15. The van der Waals surface area contributed by atoms with Gasteiger partial charge in [-0.25, -0.2) is 4.57 Å². The lowest BCUT2D eigenvalue weighted by Crippen LogP contribution is -2.64. The molecule has 6 unspecified atom stereocenters. The lowest BCUT2D eigenvalue weighted by molar-refractivity contribution is -0.220. The number of phosphoric ester groups is 1. The number of hydrogen-bond donors (Lipinski definition) is 6. The summed E-state index contributed by atoms with van der Waals surface area (Å²) in [7, 11) is -5.12. The van der Waals surface area contributed by atoms with Crippen LogP contribution in [0.3, 0.4) is 0 Å². The summed E-state index contributed by atoms with van der Waals surface area (Å²) < 4.78 is 33.4. The number of carbonyl (C=O) groups excluding carboxylic acids is 2. The zero-order valence-electron chi connectivity index (χ0n) is 33.5. The highest BCUT2D eigenvalue weighted by Gasteiger charge is 2.51. The van der Waals surface area contributed by atoms with Gasteiger partial charge in [-0.1, -0.05) is 115 Å². The average Bonchev–Trinajstić information content (AvgIpc) is 3.16. The van der Waals surface area contributed by atoms with Crippen LogP contribution >= 0.6 is 7.82 Å². The van der Waals surface area contributed by atoms with Crippen molar-refractivity contribution < 1.29 is 63.1 Å². The van der Waals surface area contributed by atoms with Gasteiger partial charge in [0, 0.05) is 12.8 Å². The van der Waals surface area contributed by atoms with Crippen LogP contribution in [0.4, 0.5) is 0 Å². The monoisotopic (exact) mass is 804 g/mol. The Morgan fingerprint density at radius 3 is 1.55 bits per heavy atom. The molecule has 0 aromatic rings. The lowest BCUT2D eigenvalue weighted by atomic mass is 9.85. The van der Waals surface area contributed by atoms with Crippen molar-refractivity contribution in [3.8, 4) is 0 Å². The average molecular weight is 805 g/mol. The van der Waals surface area contributed by atoms with E-state index in [1.807, 2.05) is 0 Å². The molecule has 1 fully saturated rings. The highest BCUT2D eigenvalue weighted by molar-refractivity contribution is 7.47. The summed E-state index contributed by atoms with van der Waals surface area (Å²) in [6.45, 7) is 3.18. The van der Waals surface area contributed by atoms with Gasteiger partial charge in [-0.2, -0.15) is 0 Å². The van der Waals surface area contributed by atoms with Crippen LogP contribution in [-0.2, 0) is 32.7 Å². The van der Waals surface area contributed by atoms with Crippen LogP contribution in [-0.4, -0.2) is 98.3 Å². The van der Waals surface area contributed by atoms with E-state index in [0.29, 0.717) is 12.8 Å². The molecule has 1 saturated carbocycles. The third-order valence-corrected chi connectivity index (χ3v) is 10.4. The normalized spacial score (nSPS) is 23.4. The minimum Gasteiger partial charge on any atom is -0.462 e. The van der Waals surface area contributed by atoms with E-state index in [4.69, 9.17) is 18.5 Å². The Morgan fingerprint density at radius 1 is 0.564 bits per heavy atom. The van der Waals surface area contributed by atoms with E-state index in [0.717, 1.165) is 83.5 Å². The Labute approximate surface area is 329 Å². The van der Waals surface area contributed by atoms with Gasteiger partial charge in [0.15, 0.2) is 6.10 Å². The molecule has 6 N–H and O–H groups in total. The molecule has 0 bridgehead atoms. The number of aliphatic hydroxyl groups excluding tert-OH is 5. The second-order valence-corrected chi connectivity index (χ2v) is 15.9. The molecular weight excluding hydrogens is 731 g/mol. The maximum atomic E-state index is 12.8. The molecule has 0 spiro atoms. The molecule has 55 heavy (non-hydrogen) atoms. The number of hydrogen-bond acceptors (Lipinski definition) is 12. The maximum Gasteiger partial charge on any atom is 0.472 e. The third kappa shape index (κ3) is 25.1. The van der Waals surface area contributed by atoms with E-state index in [9.17, 15) is 44.6 Å². The SMILES string of the molecule is CCCC/C=C\C/C=C\CCCCCCCC(=O)OC[C@H](COP(=O)(O)OC1C(O)C(O)C(O)[C@@H](O)C1O)OC(=O)CCCCCCC/C=C\CCCCC. The van der Waals surface area contributed by atoms with Gasteiger partial charge in [-0.3, -0.25) is 18.6 Å². The van der Waals surface area contributed by atoms with E-state index >= 15 is 0 Å². The number of esters is 2. The zero-order chi connectivity index (χ0) is 40.7. The van der Waals surface area contributed by atoms with Crippen LogP contribution in [0.25, 0.3) is 0 Å². The molecule has 1 aliphatic rings. The van der Waals surface area contributed by atoms with Gasteiger partial charge in [0.05, 0.1) is 6.61 Å². The van der Waals surface area contributed by atoms with Crippen molar-refractivity contribution >= 4 is 19.8 Å². The van der Waals surface area contributed by atoms with Crippen LogP contribution in [0.2, 0.25) is 0 Å². The van der Waals surface area contributed by atoms with Crippen molar-refractivity contribution in [3.05, 3.63) is 36.5 Å². The van der Waals surface area contributed by atoms with E-state index in [2.05, 4.69) is 50.3 Å². The first kappa shape index (κ1) is 51.1. The van der Waals surface area contributed by atoms with Crippen molar-refractivity contribution in [1.29, 1.82) is 0 Å². The molecule has 1 aliphatic carbocycles. The van der Waals surface area contributed by atoms with Crippen LogP contribution in [0.1, 0.15) is 155 Å². The van der Waals surface area contributed by atoms with Crippen molar-refractivity contribution in [3.63, 3.8) is 0 Å². The summed E-state index contributed by atoms with van der Waals surface area (Å²) in [5.74, 6) is -1.13. The highest BCUT2D eigenvalue weighted by atomic mass is 31.2. The largest absolute Gasteiger partial charge is 0.472 e. The fourth-order valence-electron chi connectivity index (χ4n) is 6.00. The number of carbonyl (C=O) groups is 2. The summed E-state index contributed by atoms with van der Waals surface area (Å²) in [5, 5.41) is 50.0. The van der Waals surface area contributed by atoms with Crippen molar-refractivity contribution in [2.45, 2.75) is 198 Å². The number of aliphatic hydroxyl groups is 5. The van der Waals surface area contributed by atoms with Gasteiger partial charge in [0.25, 0.3) is 0 Å². The molecule has 0 amide bonds. The fraction of sp³-hybridized carbons (Fsp3) is 0.805. The van der Waals surface area contributed by atoms with E-state index in [1.165, 1.54) is 32.1 Å². The molecular formula is C41H73O13P. The third-order valence-electron chi connectivity index (χ3n) is 9.45. The first-order valence-corrected chi connectivity index (χ1v) is 22.3. The predicted molar refractivity (Wildman–Crippen MR) is 212 cm³/mol. The lowest BCUT2D eigenvalue weighted by Gasteiger charge is -2.41. The number of allylic oxidation sites excluding steroid dienone is 6. The molecule has 1 rings (SSSR count). The zero-order valence-corrected chi connectivity index (χ0v) is 34.4. The molecule has 320 valence electrons. The van der Waals surface area contributed by atoms with Crippen molar-refractivity contribution in [2.24, 2.45) is 0 Å². The summed E-state index contributed by atoms with van der Waals surface area (Å²) in [4.78, 5) is 35.5. The predicted octanol–water partition coefficient (Wildman–Crippen LogP) is 7.05. The Balaban J connectivity index is 2.53. The first-order chi connectivity index (χ1) is 26.4. The number of phosphoric acid groups is 1. The topological polar surface area (TPSA) is 210 Å². The maximum absolute atomic E-state index is 12.8. The van der Waals surface area contributed by atoms with Gasteiger partial charge in [0.2, 0.25) is 0 Å². The summed E-state index contributed by atoms with van der Waals surface area (Å²) in [6, 6.07) is 0. The van der Waals surface area contributed by atoms with Crippen molar-refractivity contribution in [2.75, 3.05) is 13.2 Å². The van der Waals surface area contributed by atoms with Gasteiger partial charge >= 0.3 is 19.8 Å². The first-order valence-electron chi connectivity index (χ1n) is 20.8. The molecule has 0 aliphatic heterocycles.